The highest BCUT2D eigenvalue weighted by molar-refractivity contribution is 6.42. The van der Waals surface area contributed by atoms with Gasteiger partial charge in [-0.15, -0.1) is 0 Å². The van der Waals surface area contributed by atoms with Crippen LogP contribution in [-0.4, -0.2) is 23.2 Å². The zero-order valence-corrected chi connectivity index (χ0v) is 15.9. The Morgan fingerprint density at radius 1 is 1.04 bits per heavy atom. The van der Waals surface area contributed by atoms with Gasteiger partial charge in [-0.1, -0.05) is 29.3 Å². The number of rotatable bonds is 7. The van der Waals surface area contributed by atoms with E-state index >= 15 is 0 Å². The molecule has 0 N–H and O–H groups in total. The molecule has 3 aromatic rings. The lowest BCUT2D eigenvalue weighted by Crippen LogP contribution is -2.04. The number of aromatic nitrogens is 1. The fourth-order valence-electron chi connectivity index (χ4n) is 2.59. The van der Waals surface area contributed by atoms with Gasteiger partial charge in [0.1, 0.15) is 11.5 Å². The minimum absolute atomic E-state index is 0.0107. The van der Waals surface area contributed by atoms with E-state index in [1.165, 1.54) is 12.1 Å². The van der Waals surface area contributed by atoms with Gasteiger partial charge >= 0.3 is 0 Å². The quantitative estimate of drug-likeness (QED) is 0.366. The second-order valence-corrected chi connectivity index (χ2v) is 6.54. The summed E-state index contributed by atoms with van der Waals surface area (Å²) in [5.41, 5.74) is 1.79. The summed E-state index contributed by atoms with van der Waals surface area (Å²) in [5.74, 6) is 1.10. The van der Waals surface area contributed by atoms with Gasteiger partial charge in [0.05, 0.1) is 27.3 Å². The Balaban J connectivity index is 1.90. The van der Waals surface area contributed by atoms with Gasteiger partial charge in [0.25, 0.3) is 5.69 Å². The largest absolute Gasteiger partial charge is 0.456 e. The van der Waals surface area contributed by atoms with Gasteiger partial charge in [0.2, 0.25) is 0 Å². The molecule has 0 fully saturated rings. The fraction of sp³-hybridized carbons (Fsp3) is 0.158. The van der Waals surface area contributed by atoms with Crippen molar-refractivity contribution in [2.75, 3.05) is 13.7 Å². The number of methoxy groups -OCH3 is 1. The summed E-state index contributed by atoms with van der Waals surface area (Å²) < 4.78 is 13.0. The molecule has 0 aliphatic heterocycles. The monoisotopic (exact) mass is 406 g/mol. The molecular formula is C19H16Cl2N2O4. The summed E-state index contributed by atoms with van der Waals surface area (Å²) in [6.07, 6.45) is 1.85. The number of benzene rings is 2. The van der Waals surface area contributed by atoms with Crippen LogP contribution in [0.25, 0.3) is 11.3 Å². The Labute approximate surface area is 166 Å². The van der Waals surface area contributed by atoms with Crippen molar-refractivity contribution in [2.45, 2.75) is 6.54 Å². The standard InChI is InChI=1S/C19H16Cl2N2O4/c1-26-9-8-22-12-16(27-15-5-3-14(4-6-15)23(24)25)11-19(22)13-2-7-17(20)18(21)10-13/h2-7,10-12H,8-9H2,1H3. The van der Waals surface area contributed by atoms with Gasteiger partial charge in [-0.05, 0) is 29.8 Å². The van der Waals surface area contributed by atoms with Crippen molar-refractivity contribution in [1.29, 1.82) is 0 Å². The zero-order valence-electron chi connectivity index (χ0n) is 14.4. The summed E-state index contributed by atoms with van der Waals surface area (Å²) in [7, 11) is 1.64. The van der Waals surface area contributed by atoms with Crippen LogP contribution in [0.2, 0.25) is 10.0 Å². The van der Waals surface area contributed by atoms with E-state index in [2.05, 4.69) is 0 Å². The van der Waals surface area contributed by atoms with Crippen molar-refractivity contribution in [3.05, 3.63) is 74.9 Å². The Hall–Kier alpha value is -2.54. The first-order chi connectivity index (χ1) is 13.0. The molecule has 1 aromatic heterocycles. The van der Waals surface area contributed by atoms with Gasteiger partial charge in [0, 0.05) is 38.1 Å². The smallest absolute Gasteiger partial charge is 0.269 e. The van der Waals surface area contributed by atoms with E-state index in [0.717, 1.165) is 11.3 Å². The van der Waals surface area contributed by atoms with Crippen molar-refractivity contribution in [3.63, 3.8) is 0 Å². The second-order valence-electron chi connectivity index (χ2n) is 5.73. The van der Waals surface area contributed by atoms with Crippen molar-refractivity contribution >= 4 is 28.9 Å². The minimum atomic E-state index is -0.451. The first kappa shape index (κ1) is 19.2. The molecule has 1 heterocycles. The summed E-state index contributed by atoms with van der Waals surface area (Å²) in [6, 6.07) is 13.2. The first-order valence-corrected chi connectivity index (χ1v) is 8.80. The number of hydrogen-bond acceptors (Lipinski definition) is 4. The average Bonchev–Trinajstić information content (AvgIpc) is 3.05. The summed E-state index contributed by atoms with van der Waals surface area (Å²) >= 11 is 12.2. The third kappa shape index (κ3) is 4.60. The van der Waals surface area contributed by atoms with Gasteiger partial charge in [-0.2, -0.15) is 0 Å². The topological polar surface area (TPSA) is 66.5 Å². The lowest BCUT2D eigenvalue weighted by Gasteiger charge is -2.09. The fourth-order valence-corrected chi connectivity index (χ4v) is 2.88. The molecule has 2 aromatic carbocycles. The number of ether oxygens (including phenoxy) is 2. The third-order valence-corrected chi connectivity index (χ3v) is 4.65. The van der Waals surface area contributed by atoms with Gasteiger partial charge in [-0.25, -0.2) is 0 Å². The van der Waals surface area contributed by atoms with Crippen LogP contribution < -0.4 is 4.74 Å². The molecule has 0 saturated heterocycles. The van der Waals surface area contributed by atoms with E-state index in [0.29, 0.717) is 34.7 Å². The van der Waals surface area contributed by atoms with E-state index in [4.69, 9.17) is 32.7 Å². The molecule has 0 amide bonds. The molecular weight excluding hydrogens is 391 g/mol. The first-order valence-electron chi connectivity index (χ1n) is 8.05. The molecule has 0 spiro atoms. The van der Waals surface area contributed by atoms with Crippen LogP contribution >= 0.6 is 23.2 Å². The highest BCUT2D eigenvalue weighted by Gasteiger charge is 2.12. The maximum Gasteiger partial charge on any atom is 0.269 e. The maximum atomic E-state index is 10.8. The van der Waals surface area contributed by atoms with Gasteiger partial charge < -0.3 is 14.0 Å². The maximum absolute atomic E-state index is 10.8. The van der Waals surface area contributed by atoms with Gasteiger partial charge in [-0.3, -0.25) is 10.1 Å². The van der Waals surface area contributed by atoms with Crippen LogP contribution in [0.4, 0.5) is 5.69 Å². The summed E-state index contributed by atoms with van der Waals surface area (Å²) in [6.45, 7) is 1.15. The zero-order chi connectivity index (χ0) is 19.4. The van der Waals surface area contributed by atoms with E-state index in [9.17, 15) is 10.1 Å². The van der Waals surface area contributed by atoms with Crippen LogP contribution in [0.3, 0.4) is 0 Å². The predicted molar refractivity (Wildman–Crippen MR) is 105 cm³/mol. The molecule has 0 radical (unpaired) electrons. The Morgan fingerprint density at radius 3 is 2.41 bits per heavy atom. The van der Waals surface area contributed by atoms with Gasteiger partial charge in [0.15, 0.2) is 0 Å². The van der Waals surface area contributed by atoms with Crippen molar-refractivity contribution in [2.24, 2.45) is 0 Å². The molecule has 3 rings (SSSR count). The number of nitro groups is 1. The average molecular weight is 407 g/mol. The molecule has 6 nitrogen and oxygen atoms in total. The number of non-ortho nitro benzene ring substituents is 1. The van der Waals surface area contributed by atoms with Crippen LogP contribution in [-0.2, 0) is 11.3 Å². The SMILES string of the molecule is COCCn1cc(Oc2ccc([N+](=O)[O-])cc2)cc1-c1ccc(Cl)c(Cl)c1. The van der Waals surface area contributed by atoms with Crippen molar-refractivity contribution in [3.8, 4) is 22.8 Å². The Bertz CT molecular complexity index is 955. The Kier molecular flexibility index (Phi) is 6.01. The van der Waals surface area contributed by atoms with Crippen molar-refractivity contribution < 1.29 is 14.4 Å². The van der Waals surface area contributed by atoms with E-state index in [-0.39, 0.29) is 5.69 Å². The number of hydrogen-bond donors (Lipinski definition) is 0. The second kappa shape index (κ2) is 8.43. The van der Waals surface area contributed by atoms with E-state index in [1.54, 1.807) is 31.4 Å². The normalized spacial score (nSPS) is 10.8. The Morgan fingerprint density at radius 2 is 1.78 bits per heavy atom. The molecule has 0 aliphatic rings. The summed E-state index contributed by atoms with van der Waals surface area (Å²) in [5, 5.41) is 11.7. The molecule has 0 bridgehead atoms. The van der Waals surface area contributed by atoms with Crippen LogP contribution in [0.15, 0.2) is 54.7 Å². The molecule has 0 saturated carbocycles. The van der Waals surface area contributed by atoms with Crippen molar-refractivity contribution in [1.82, 2.24) is 4.57 Å². The highest BCUT2D eigenvalue weighted by Crippen LogP contribution is 2.33. The lowest BCUT2D eigenvalue weighted by molar-refractivity contribution is -0.384. The van der Waals surface area contributed by atoms with Crippen LogP contribution in [0, 0.1) is 10.1 Å². The summed E-state index contributed by atoms with van der Waals surface area (Å²) in [4.78, 5) is 10.3. The van der Waals surface area contributed by atoms with E-state index < -0.39 is 4.92 Å². The number of nitro benzene ring substituents is 1. The number of nitrogens with zero attached hydrogens (tertiary/aromatic N) is 2. The van der Waals surface area contributed by atoms with E-state index in [1.807, 2.05) is 22.9 Å². The third-order valence-electron chi connectivity index (χ3n) is 3.91. The molecule has 140 valence electrons. The molecule has 8 heteroatoms. The molecule has 0 unspecified atom stereocenters. The van der Waals surface area contributed by atoms with Crippen LogP contribution in [0.5, 0.6) is 11.5 Å². The van der Waals surface area contributed by atoms with Crippen LogP contribution in [0.1, 0.15) is 0 Å². The molecule has 0 aliphatic carbocycles. The minimum Gasteiger partial charge on any atom is -0.456 e. The number of halogens is 2. The lowest BCUT2D eigenvalue weighted by atomic mass is 10.1. The predicted octanol–water partition coefficient (Wildman–Crippen LogP) is 5.81. The highest BCUT2D eigenvalue weighted by atomic mass is 35.5. The molecule has 27 heavy (non-hydrogen) atoms. The molecule has 0 atom stereocenters.